The molecule has 0 radical (unpaired) electrons. The minimum atomic E-state index is -5.12. The first-order valence-electron chi connectivity index (χ1n) is 23.0. The third kappa shape index (κ3) is 28.5. The summed E-state index contributed by atoms with van der Waals surface area (Å²) in [5.74, 6) is -0.720. The lowest BCUT2D eigenvalue weighted by Gasteiger charge is -2.41. The zero-order valence-electron chi connectivity index (χ0n) is 36.4. The molecule has 7 N–H and O–H groups in total. The van der Waals surface area contributed by atoms with Gasteiger partial charge >= 0.3 is 10.4 Å². The van der Waals surface area contributed by atoms with Gasteiger partial charge in [0, 0.05) is 0 Å². The van der Waals surface area contributed by atoms with Gasteiger partial charge in [-0.05, 0) is 44.9 Å². The largest absolute Gasteiger partial charge is 0.397 e. The average Bonchev–Trinajstić information content (AvgIpc) is 3.20. The number of amides is 1. The van der Waals surface area contributed by atoms with Crippen molar-refractivity contribution in [1.82, 2.24) is 5.32 Å². The number of aliphatic hydroxyl groups excluding tert-OH is 5. The molecule has 0 aromatic carbocycles. The Bertz CT molecular complexity index is 1220. The Hall–Kier alpha value is -1.72. The standard InChI is InChI=1S/C45H83NO12S/c1-3-5-7-9-11-13-14-15-16-17-18-19-20-21-22-23-24-26-27-29-31-33-38(48)37(46-44(52)39(49)34-32-30-28-25-12-10-8-6-4-2)36-56-45-42(51)43(58-59(53,54)55)41(50)40(35-47)57-45/h20-21,24,26,31,33,37-43,45,47-51H,3-19,22-23,25,27-30,32,34-36H2,1-2H3,(H,46,52)(H,53,54,55)/b21-20+,26-24+,33-31+. The Morgan fingerprint density at radius 1 is 0.678 bits per heavy atom. The van der Waals surface area contributed by atoms with Gasteiger partial charge in [-0.25, -0.2) is 4.18 Å². The number of carbonyl (C=O) groups is 1. The van der Waals surface area contributed by atoms with E-state index in [9.17, 15) is 38.7 Å². The van der Waals surface area contributed by atoms with E-state index in [-0.39, 0.29) is 6.42 Å². The van der Waals surface area contributed by atoms with Gasteiger partial charge in [0.2, 0.25) is 5.91 Å². The molecule has 1 heterocycles. The highest BCUT2D eigenvalue weighted by Crippen LogP contribution is 2.26. The maximum absolute atomic E-state index is 13.0. The Morgan fingerprint density at radius 3 is 1.63 bits per heavy atom. The number of ether oxygens (including phenoxy) is 2. The van der Waals surface area contributed by atoms with Gasteiger partial charge in [-0.15, -0.1) is 0 Å². The molecule has 346 valence electrons. The predicted octanol–water partition coefficient (Wildman–Crippen LogP) is 7.69. The summed E-state index contributed by atoms with van der Waals surface area (Å²) in [4.78, 5) is 13.0. The summed E-state index contributed by atoms with van der Waals surface area (Å²) in [5.41, 5.74) is 0. The second kappa shape index (κ2) is 35.8. The Morgan fingerprint density at radius 2 is 1.14 bits per heavy atom. The normalized spacial score (nSPS) is 21.8. The van der Waals surface area contributed by atoms with Crippen molar-refractivity contribution in [2.75, 3.05) is 13.2 Å². The van der Waals surface area contributed by atoms with Crippen LogP contribution in [0.1, 0.15) is 181 Å². The first-order chi connectivity index (χ1) is 28.4. The Kier molecular flexibility index (Phi) is 33.6. The van der Waals surface area contributed by atoms with Crippen molar-refractivity contribution < 1.29 is 57.0 Å². The van der Waals surface area contributed by atoms with Crippen LogP contribution in [0, 0.1) is 0 Å². The zero-order chi connectivity index (χ0) is 43.6. The van der Waals surface area contributed by atoms with Gasteiger partial charge in [-0.2, -0.15) is 8.42 Å². The summed E-state index contributed by atoms with van der Waals surface area (Å²) >= 11 is 0. The molecule has 0 aliphatic carbocycles. The van der Waals surface area contributed by atoms with Crippen LogP contribution in [0.4, 0.5) is 0 Å². The highest BCUT2D eigenvalue weighted by Gasteiger charge is 2.48. The van der Waals surface area contributed by atoms with Crippen LogP contribution >= 0.6 is 0 Å². The lowest BCUT2D eigenvalue weighted by Crippen LogP contribution is -2.61. The van der Waals surface area contributed by atoms with E-state index in [1.807, 2.05) is 0 Å². The summed E-state index contributed by atoms with van der Waals surface area (Å²) in [6, 6.07) is -1.14. The first kappa shape index (κ1) is 55.3. The van der Waals surface area contributed by atoms with Crippen LogP contribution in [0.5, 0.6) is 0 Å². The molecule has 1 rings (SSSR count). The summed E-state index contributed by atoms with van der Waals surface area (Å²) in [6.07, 6.45) is 29.7. The second-order valence-electron chi connectivity index (χ2n) is 16.1. The maximum Gasteiger partial charge on any atom is 0.397 e. The number of rotatable bonds is 38. The molecule has 8 unspecified atom stereocenters. The quantitative estimate of drug-likeness (QED) is 0.0181. The fourth-order valence-corrected chi connectivity index (χ4v) is 7.59. The van der Waals surface area contributed by atoms with E-state index in [4.69, 9.17) is 14.0 Å². The zero-order valence-corrected chi connectivity index (χ0v) is 37.2. The number of aliphatic hydroxyl groups is 5. The first-order valence-corrected chi connectivity index (χ1v) is 24.3. The minimum absolute atomic E-state index is 0.234. The lowest BCUT2D eigenvalue weighted by molar-refractivity contribution is -0.298. The van der Waals surface area contributed by atoms with Gasteiger partial charge in [0.25, 0.3) is 0 Å². The fraction of sp³-hybridized carbons (Fsp3) is 0.844. The molecule has 1 fully saturated rings. The highest BCUT2D eigenvalue weighted by atomic mass is 32.3. The average molecular weight is 862 g/mol. The van der Waals surface area contributed by atoms with Gasteiger partial charge in [0.1, 0.15) is 30.5 Å². The van der Waals surface area contributed by atoms with E-state index in [0.29, 0.717) is 12.8 Å². The molecular weight excluding hydrogens is 779 g/mol. The van der Waals surface area contributed by atoms with Crippen molar-refractivity contribution in [1.29, 1.82) is 0 Å². The van der Waals surface area contributed by atoms with E-state index in [0.717, 1.165) is 44.9 Å². The second-order valence-corrected chi connectivity index (χ2v) is 17.2. The molecule has 8 atom stereocenters. The van der Waals surface area contributed by atoms with Crippen molar-refractivity contribution >= 4 is 16.3 Å². The monoisotopic (exact) mass is 862 g/mol. The maximum atomic E-state index is 13.0. The molecule has 59 heavy (non-hydrogen) atoms. The van der Waals surface area contributed by atoms with Crippen molar-refractivity contribution in [3.05, 3.63) is 36.5 Å². The highest BCUT2D eigenvalue weighted by molar-refractivity contribution is 7.80. The topological polar surface area (TPSA) is 212 Å². The van der Waals surface area contributed by atoms with Crippen molar-refractivity contribution in [2.45, 2.75) is 230 Å². The lowest BCUT2D eigenvalue weighted by atomic mass is 9.99. The Balaban J connectivity index is 2.59. The number of hydrogen-bond donors (Lipinski definition) is 7. The van der Waals surface area contributed by atoms with Crippen LogP contribution in [0.15, 0.2) is 36.5 Å². The van der Waals surface area contributed by atoms with Crippen LogP contribution in [-0.2, 0) is 28.9 Å². The van der Waals surface area contributed by atoms with E-state index in [1.165, 1.54) is 109 Å². The molecule has 13 nitrogen and oxygen atoms in total. The van der Waals surface area contributed by atoms with E-state index in [2.05, 4.69) is 47.7 Å². The molecular formula is C45H83NO12S. The van der Waals surface area contributed by atoms with Crippen molar-refractivity contribution in [3.63, 3.8) is 0 Å². The van der Waals surface area contributed by atoms with E-state index in [1.54, 1.807) is 6.08 Å². The number of nitrogens with one attached hydrogen (secondary N) is 1. The smallest absolute Gasteiger partial charge is 0.394 e. The molecule has 0 spiro atoms. The molecule has 0 bridgehead atoms. The summed E-state index contributed by atoms with van der Waals surface area (Å²) < 4.78 is 47.4. The molecule has 1 amide bonds. The number of allylic oxidation sites excluding steroid dienone is 5. The van der Waals surface area contributed by atoms with Crippen molar-refractivity contribution in [3.8, 4) is 0 Å². The van der Waals surface area contributed by atoms with Gasteiger partial charge in [0.15, 0.2) is 6.29 Å². The van der Waals surface area contributed by atoms with Gasteiger partial charge in [0.05, 0.1) is 25.4 Å². The van der Waals surface area contributed by atoms with Crippen LogP contribution in [0.2, 0.25) is 0 Å². The molecule has 0 aromatic rings. The van der Waals surface area contributed by atoms with Crippen molar-refractivity contribution in [2.24, 2.45) is 0 Å². The van der Waals surface area contributed by atoms with Gasteiger partial charge in [-0.1, -0.05) is 172 Å². The van der Waals surface area contributed by atoms with Crippen LogP contribution in [-0.4, -0.2) is 107 Å². The van der Waals surface area contributed by atoms with Gasteiger partial charge < -0.3 is 40.3 Å². The van der Waals surface area contributed by atoms with E-state index >= 15 is 0 Å². The summed E-state index contributed by atoms with van der Waals surface area (Å²) in [6.45, 7) is 3.15. The third-order valence-corrected chi connectivity index (χ3v) is 11.2. The molecule has 1 aliphatic heterocycles. The van der Waals surface area contributed by atoms with Crippen LogP contribution in [0.3, 0.4) is 0 Å². The molecule has 1 aliphatic rings. The van der Waals surface area contributed by atoms with E-state index < -0.39 is 78.5 Å². The minimum Gasteiger partial charge on any atom is -0.394 e. The Labute approximate surface area is 357 Å². The number of carbonyl (C=O) groups excluding carboxylic acids is 1. The molecule has 0 aromatic heterocycles. The SMILES string of the molecule is CCCCCCCCCCCCC/C=C/CC/C=C/CC/C=C/C(O)C(COC1OC(CO)C(O)C(OS(=O)(=O)O)C1O)NC(=O)C(O)CCCCCCCCCCC. The fourth-order valence-electron chi connectivity index (χ4n) is 7.08. The third-order valence-electron chi connectivity index (χ3n) is 10.8. The summed E-state index contributed by atoms with van der Waals surface area (Å²) in [5, 5.41) is 55.0. The van der Waals surface area contributed by atoms with Crippen LogP contribution in [0.25, 0.3) is 0 Å². The van der Waals surface area contributed by atoms with Crippen LogP contribution < -0.4 is 5.32 Å². The number of unbranched alkanes of at least 4 members (excludes halogenated alkanes) is 21. The molecule has 14 heteroatoms. The van der Waals surface area contributed by atoms with Gasteiger partial charge in [-0.3, -0.25) is 9.35 Å². The molecule has 0 saturated carbocycles. The number of hydrogen-bond acceptors (Lipinski definition) is 11. The molecule has 1 saturated heterocycles. The summed E-state index contributed by atoms with van der Waals surface area (Å²) in [7, 11) is -5.12. The predicted molar refractivity (Wildman–Crippen MR) is 233 cm³/mol.